The molecule has 1 aliphatic heterocycles. The number of benzene rings is 1. The van der Waals surface area contributed by atoms with Crippen molar-refractivity contribution >= 4 is 11.9 Å². The molecule has 0 unspecified atom stereocenters. The fourth-order valence-electron chi connectivity index (χ4n) is 4.71. The van der Waals surface area contributed by atoms with Crippen molar-refractivity contribution in [3.05, 3.63) is 47.5 Å². The molecule has 0 amide bonds. The van der Waals surface area contributed by atoms with E-state index in [0.717, 1.165) is 24.7 Å². The Bertz CT molecular complexity index is 741. The minimum atomic E-state index is -1.51. The summed E-state index contributed by atoms with van der Waals surface area (Å²) in [7, 11) is 0. The number of ether oxygens (including phenoxy) is 2. The number of carboxylic acid groups (broad SMARTS) is 2. The van der Waals surface area contributed by atoms with Crippen molar-refractivity contribution in [1.82, 2.24) is 0 Å². The molecule has 0 aromatic heterocycles. The minimum absolute atomic E-state index is 0.620. The first-order valence-corrected chi connectivity index (χ1v) is 12.0. The highest BCUT2D eigenvalue weighted by Gasteiger charge is 2.46. The molecule has 0 radical (unpaired) electrons. The molecule has 2 aliphatic rings. The number of allylic oxidation sites excluding steroid dienone is 2. The summed E-state index contributed by atoms with van der Waals surface area (Å²) in [5.41, 5.74) is 1.79. The van der Waals surface area contributed by atoms with Gasteiger partial charge in [0, 0.05) is 5.56 Å². The van der Waals surface area contributed by atoms with Crippen molar-refractivity contribution in [1.29, 1.82) is 0 Å². The van der Waals surface area contributed by atoms with Crippen LogP contribution in [0.5, 0.6) is 0 Å². The van der Waals surface area contributed by atoms with Gasteiger partial charge in [0.2, 0.25) is 0 Å². The number of hydrogen-bond acceptors (Lipinski definition) is 4. The number of aliphatic carboxylic acids is 2. The quantitative estimate of drug-likeness (QED) is 0.345. The van der Waals surface area contributed by atoms with Crippen LogP contribution in [0, 0.1) is 11.8 Å². The summed E-state index contributed by atoms with van der Waals surface area (Å²) in [5, 5.41) is 18.3. The lowest BCUT2D eigenvalue weighted by atomic mass is 9.79. The van der Waals surface area contributed by atoms with Crippen LogP contribution in [0.15, 0.2) is 36.4 Å². The van der Waals surface area contributed by atoms with E-state index >= 15 is 0 Å². The van der Waals surface area contributed by atoms with Crippen molar-refractivity contribution in [3.8, 4) is 0 Å². The van der Waals surface area contributed by atoms with Gasteiger partial charge in [-0.2, -0.15) is 0 Å². The molecule has 0 spiro atoms. The third-order valence-electron chi connectivity index (χ3n) is 6.67. The second-order valence-electron chi connectivity index (χ2n) is 9.11. The maximum Gasteiger partial charge on any atom is 0.336 e. The molecule has 176 valence electrons. The van der Waals surface area contributed by atoms with E-state index in [4.69, 9.17) is 19.7 Å². The molecular formula is C26H36O6. The summed E-state index contributed by atoms with van der Waals surface area (Å²) < 4.78 is 10.6. The number of carbonyl (C=O) groups is 2. The number of unbranched alkanes of at least 4 members (excludes halogenated alkanes) is 2. The fourth-order valence-corrected chi connectivity index (χ4v) is 4.71. The van der Waals surface area contributed by atoms with Crippen LogP contribution in [0.2, 0.25) is 0 Å². The van der Waals surface area contributed by atoms with Gasteiger partial charge in [0.1, 0.15) is 0 Å². The highest BCUT2D eigenvalue weighted by molar-refractivity contribution is 5.84. The fraction of sp³-hybridized carbons (Fsp3) is 0.615. The Balaban J connectivity index is 1.40. The van der Waals surface area contributed by atoms with E-state index in [2.05, 4.69) is 19.1 Å². The topological polar surface area (TPSA) is 93.1 Å². The Morgan fingerprint density at radius 1 is 0.969 bits per heavy atom. The normalized spacial score (nSPS) is 26.5. The van der Waals surface area contributed by atoms with Crippen molar-refractivity contribution < 1.29 is 29.3 Å². The highest BCUT2D eigenvalue weighted by atomic mass is 16.7. The maximum atomic E-state index is 11.2. The minimum Gasteiger partial charge on any atom is -0.479 e. The number of rotatable bonds is 11. The largest absolute Gasteiger partial charge is 0.479 e. The zero-order valence-corrected chi connectivity index (χ0v) is 18.9. The molecule has 1 aliphatic carbocycles. The summed E-state index contributed by atoms with van der Waals surface area (Å²) in [6, 6.07) is 7.54. The maximum absolute atomic E-state index is 11.2. The van der Waals surface area contributed by atoms with Crippen molar-refractivity contribution in [2.75, 3.05) is 0 Å². The smallest absolute Gasteiger partial charge is 0.336 e. The molecule has 1 saturated heterocycles. The summed E-state index contributed by atoms with van der Waals surface area (Å²) in [6.07, 6.45) is 13.5. The average Bonchev–Trinajstić information content (AvgIpc) is 3.25. The van der Waals surface area contributed by atoms with Gasteiger partial charge >= 0.3 is 11.9 Å². The van der Waals surface area contributed by atoms with Gasteiger partial charge in [-0.15, -0.1) is 0 Å². The predicted molar refractivity (Wildman–Crippen MR) is 121 cm³/mol. The lowest BCUT2D eigenvalue weighted by molar-refractivity contribution is -0.156. The molecule has 3 rings (SSSR count). The third-order valence-corrected chi connectivity index (χ3v) is 6.67. The molecule has 6 heteroatoms. The van der Waals surface area contributed by atoms with Gasteiger partial charge in [0.25, 0.3) is 0 Å². The summed E-state index contributed by atoms with van der Waals surface area (Å²) >= 11 is 0. The van der Waals surface area contributed by atoms with Crippen LogP contribution in [-0.2, 0) is 25.5 Å². The average molecular weight is 445 g/mol. The van der Waals surface area contributed by atoms with Crippen molar-refractivity contribution in [2.45, 2.75) is 89.6 Å². The summed E-state index contributed by atoms with van der Waals surface area (Å²) in [4.78, 5) is 22.4. The van der Waals surface area contributed by atoms with E-state index in [1.54, 1.807) is 0 Å². The third kappa shape index (κ3) is 6.91. The molecule has 32 heavy (non-hydrogen) atoms. The van der Waals surface area contributed by atoms with Crippen LogP contribution < -0.4 is 0 Å². The molecule has 1 aromatic carbocycles. The SMILES string of the molecule is CCCCCC1CCC(/C=C/CCc2ccc(C3O[C@@H](C(=O)O)[C@H](C(=O)O)O3)cc2)CC1. The van der Waals surface area contributed by atoms with E-state index in [9.17, 15) is 9.59 Å². The lowest BCUT2D eigenvalue weighted by Gasteiger charge is -2.26. The van der Waals surface area contributed by atoms with E-state index in [0.29, 0.717) is 5.56 Å². The summed E-state index contributed by atoms with van der Waals surface area (Å²) in [6.45, 7) is 2.27. The second kappa shape index (κ2) is 12.2. The van der Waals surface area contributed by atoms with Crippen molar-refractivity contribution in [2.24, 2.45) is 11.8 Å². The molecule has 1 aromatic rings. The van der Waals surface area contributed by atoms with Gasteiger partial charge in [0.15, 0.2) is 18.5 Å². The zero-order chi connectivity index (χ0) is 22.9. The standard InChI is InChI=1S/C26H36O6/c1-2-3-4-7-18-10-12-19(13-11-18)8-5-6-9-20-14-16-21(17-15-20)26-31-22(24(27)28)23(32-26)25(29)30/h5,8,14-19,22-23,26H,2-4,6-7,9-13H2,1H3,(H,27,28)(H,29,30)/b8-5+/t18?,19?,22-,23-/m1/s1. The Kier molecular flexibility index (Phi) is 9.30. The number of carboxylic acids is 2. The Hall–Kier alpha value is -2.18. The number of aryl methyl sites for hydroxylation is 1. The molecule has 1 heterocycles. The Morgan fingerprint density at radius 3 is 2.16 bits per heavy atom. The van der Waals surface area contributed by atoms with Gasteiger partial charge in [-0.25, -0.2) is 9.59 Å². The lowest BCUT2D eigenvalue weighted by Crippen LogP contribution is -2.36. The van der Waals surface area contributed by atoms with Crippen molar-refractivity contribution in [3.63, 3.8) is 0 Å². The van der Waals surface area contributed by atoms with Crippen LogP contribution >= 0.6 is 0 Å². The van der Waals surface area contributed by atoms with Crippen LogP contribution in [0.3, 0.4) is 0 Å². The van der Waals surface area contributed by atoms with Gasteiger partial charge in [-0.1, -0.05) is 69.0 Å². The van der Waals surface area contributed by atoms with Gasteiger partial charge < -0.3 is 19.7 Å². The van der Waals surface area contributed by atoms with E-state index in [-0.39, 0.29) is 0 Å². The van der Waals surface area contributed by atoms with Crippen LogP contribution in [0.4, 0.5) is 0 Å². The van der Waals surface area contributed by atoms with E-state index in [1.165, 1.54) is 56.9 Å². The molecule has 1 saturated carbocycles. The molecule has 2 N–H and O–H groups in total. The van der Waals surface area contributed by atoms with E-state index < -0.39 is 30.4 Å². The highest BCUT2D eigenvalue weighted by Crippen LogP contribution is 2.33. The first-order valence-electron chi connectivity index (χ1n) is 12.0. The number of hydrogen-bond donors (Lipinski definition) is 2. The molecule has 6 nitrogen and oxygen atoms in total. The first kappa shape index (κ1) is 24.5. The van der Waals surface area contributed by atoms with Gasteiger partial charge in [0.05, 0.1) is 0 Å². The molecule has 2 fully saturated rings. The van der Waals surface area contributed by atoms with Crippen LogP contribution in [-0.4, -0.2) is 34.4 Å². The second-order valence-corrected chi connectivity index (χ2v) is 9.11. The predicted octanol–water partition coefficient (Wildman–Crippen LogP) is 5.51. The Labute approximate surface area is 190 Å². The first-order chi connectivity index (χ1) is 15.5. The van der Waals surface area contributed by atoms with Crippen LogP contribution in [0.25, 0.3) is 0 Å². The van der Waals surface area contributed by atoms with E-state index in [1.807, 2.05) is 24.3 Å². The monoisotopic (exact) mass is 444 g/mol. The zero-order valence-electron chi connectivity index (χ0n) is 18.9. The molecule has 2 atom stereocenters. The Morgan fingerprint density at radius 2 is 1.59 bits per heavy atom. The van der Waals surface area contributed by atoms with Gasteiger partial charge in [-0.05, 0) is 55.9 Å². The molecular weight excluding hydrogens is 408 g/mol. The summed E-state index contributed by atoms with van der Waals surface area (Å²) in [5.74, 6) is -1.02. The van der Waals surface area contributed by atoms with Gasteiger partial charge in [-0.3, -0.25) is 0 Å². The molecule has 0 bridgehead atoms. The van der Waals surface area contributed by atoms with Crippen LogP contribution in [0.1, 0.15) is 82.1 Å².